The maximum Gasteiger partial charge on any atom is 0.318 e. The first-order valence-corrected chi connectivity index (χ1v) is 7.60. The quantitative estimate of drug-likeness (QED) is 0.817. The van der Waals surface area contributed by atoms with E-state index in [1.54, 1.807) is 7.11 Å². The highest BCUT2D eigenvalue weighted by Gasteiger charge is 2.11. The molecule has 0 saturated heterocycles. The van der Waals surface area contributed by atoms with Gasteiger partial charge in [-0.05, 0) is 29.8 Å². The third-order valence-electron chi connectivity index (χ3n) is 3.53. The van der Waals surface area contributed by atoms with Crippen LogP contribution in [0.4, 0.5) is 10.5 Å². The number of nitrogens with one attached hydrogen (secondary N) is 1. The number of hydrogen-bond donors (Lipinski definition) is 2. The Bertz CT molecular complexity index is 672. The number of ether oxygens (including phenoxy) is 1. The fourth-order valence-electron chi connectivity index (χ4n) is 2.33. The highest BCUT2D eigenvalue weighted by atomic mass is 16.5. The van der Waals surface area contributed by atoms with Gasteiger partial charge in [-0.15, -0.1) is 0 Å². The minimum Gasteiger partial charge on any atom is -0.497 e. The van der Waals surface area contributed by atoms with Crippen molar-refractivity contribution in [2.24, 2.45) is 5.73 Å². The molecule has 2 aromatic rings. The predicted molar refractivity (Wildman–Crippen MR) is 92.8 cm³/mol. The molecule has 0 radical (unpaired) electrons. The maximum absolute atomic E-state index is 11.7. The van der Waals surface area contributed by atoms with Crippen molar-refractivity contribution in [2.45, 2.75) is 13.0 Å². The number of rotatable bonds is 7. The van der Waals surface area contributed by atoms with Crippen LogP contribution >= 0.6 is 0 Å². The van der Waals surface area contributed by atoms with Crippen molar-refractivity contribution in [3.05, 3.63) is 60.2 Å². The summed E-state index contributed by atoms with van der Waals surface area (Å²) < 4.78 is 5.18. The van der Waals surface area contributed by atoms with Crippen molar-refractivity contribution in [2.75, 3.05) is 18.6 Å². The lowest BCUT2D eigenvalue weighted by atomic mass is 10.2. The molecule has 0 atom stereocenters. The molecule has 6 heteroatoms. The van der Waals surface area contributed by atoms with Crippen LogP contribution in [0.15, 0.2) is 54.6 Å². The van der Waals surface area contributed by atoms with Gasteiger partial charge < -0.3 is 15.4 Å². The van der Waals surface area contributed by atoms with Gasteiger partial charge >= 0.3 is 6.03 Å². The number of primary amides is 1. The largest absolute Gasteiger partial charge is 0.497 e. The highest BCUT2D eigenvalue weighted by molar-refractivity contribution is 5.93. The molecular formula is C18H21N3O3. The Labute approximate surface area is 141 Å². The number of carbonyl (C=O) groups excluding carboxylic acids is 2. The first-order chi connectivity index (χ1) is 11.6. The van der Waals surface area contributed by atoms with Crippen molar-refractivity contribution in [1.82, 2.24) is 5.32 Å². The molecule has 0 unspecified atom stereocenters. The highest BCUT2D eigenvalue weighted by Crippen LogP contribution is 2.21. The van der Waals surface area contributed by atoms with E-state index in [1.807, 2.05) is 54.6 Å². The Balaban J connectivity index is 2.10. The summed E-state index contributed by atoms with van der Waals surface area (Å²) in [5.41, 5.74) is 7.06. The fourth-order valence-corrected chi connectivity index (χ4v) is 2.33. The van der Waals surface area contributed by atoms with E-state index in [1.165, 1.54) is 0 Å². The molecule has 0 aliphatic rings. The standard InChI is InChI=1S/C18H21N3O3/c1-24-16-9-7-15(8-10-16)21(12-11-17(22)20-18(19)23)13-14-5-3-2-4-6-14/h2-10H,11-13H2,1H3,(H3,19,20,22,23). The average Bonchev–Trinajstić information content (AvgIpc) is 2.59. The van der Waals surface area contributed by atoms with Gasteiger partial charge in [0.2, 0.25) is 5.91 Å². The lowest BCUT2D eigenvalue weighted by Gasteiger charge is -2.25. The third kappa shape index (κ3) is 5.31. The summed E-state index contributed by atoms with van der Waals surface area (Å²) in [6.45, 7) is 1.11. The zero-order valence-corrected chi connectivity index (χ0v) is 13.6. The number of nitrogens with zero attached hydrogens (tertiary/aromatic N) is 1. The average molecular weight is 327 g/mol. The second kappa shape index (κ2) is 8.57. The molecule has 0 heterocycles. The van der Waals surface area contributed by atoms with Crippen LogP contribution in [0.3, 0.4) is 0 Å². The van der Waals surface area contributed by atoms with Gasteiger partial charge in [0.15, 0.2) is 0 Å². The Morgan fingerprint density at radius 3 is 2.33 bits per heavy atom. The second-order valence-corrected chi connectivity index (χ2v) is 5.27. The number of methoxy groups -OCH3 is 1. The van der Waals surface area contributed by atoms with E-state index >= 15 is 0 Å². The van der Waals surface area contributed by atoms with E-state index in [9.17, 15) is 9.59 Å². The lowest BCUT2D eigenvalue weighted by molar-refractivity contribution is -0.119. The summed E-state index contributed by atoms with van der Waals surface area (Å²) in [7, 11) is 1.62. The van der Waals surface area contributed by atoms with E-state index < -0.39 is 11.9 Å². The van der Waals surface area contributed by atoms with Crippen molar-refractivity contribution in [3.63, 3.8) is 0 Å². The van der Waals surface area contributed by atoms with Gasteiger partial charge in [-0.2, -0.15) is 0 Å². The van der Waals surface area contributed by atoms with Gasteiger partial charge in [0, 0.05) is 25.2 Å². The molecule has 126 valence electrons. The Kier molecular flexibility index (Phi) is 6.19. The van der Waals surface area contributed by atoms with Gasteiger partial charge in [0.05, 0.1) is 7.11 Å². The van der Waals surface area contributed by atoms with Gasteiger partial charge in [0.1, 0.15) is 5.75 Å². The number of imide groups is 1. The van der Waals surface area contributed by atoms with Crippen LogP contribution in [0.2, 0.25) is 0 Å². The maximum atomic E-state index is 11.7. The summed E-state index contributed by atoms with van der Waals surface area (Å²) in [6.07, 6.45) is 0.168. The normalized spacial score (nSPS) is 10.0. The Morgan fingerprint density at radius 1 is 1.08 bits per heavy atom. The van der Waals surface area contributed by atoms with E-state index in [0.717, 1.165) is 17.0 Å². The molecule has 6 nitrogen and oxygen atoms in total. The number of urea groups is 1. The number of carbonyl (C=O) groups is 2. The molecule has 3 N–H and O–H groups in total. The summed E-state index contributed by atoms with van der Waals surface area (Å²) >= 11 is 0. The van der Waals surface area contributed by atoms with Crippen LogP contribution in [-0.2, 0) is 11.3 Å². The van der Waals surface area contributed by atoms with Gasteiger partial charge in [-0.1, -0.05) is 30.3 Å². The van der Waals surface area contributed by atoms with E-state index in [4.69, 9.17) is 10.5 Å². The van der Waals surface area contributed by atoms with Crippen LogP contribution in [0.25, 0.3) is 0 Å². The Morgan fingerprint density at radius 2 is 1.75 bits per heavy atom. The third-order valence-corrected chi connectivity index (χ3v) is 3.53. The van der Waals surface area contributed by atoms with E-state index in [0.29, 0.717) is 13.1 Å². The lowest BCUT2D eigenvalue weighted by Crippen LogP contribution is -2.37. The molecule has 0 saturated carbocycles. The molecule has 24 heavy (non-hydrogen) atoms. The van der Waals surface area contributed by atoms with Gasteiger partial charge in [-0.3, -0.25) is 10.1 Å². The molecule has 0 bridgehead atoms. The Hall–Kier alpha value is -3.02. The van der Waals surface area contributed by atoms with Crippen molar-refractivity contribution < 1.29 is 14.3 Å². The minimum atomic E-state index is -0.834. The SMILES string of the molecule is COc1ccc(N(CCC(=O)NC(N)=O)Cc2ccccc2)cc1. The summed E-state index contributed by atoms with van der Waals surface area (Å²) in [5.74, 6) is 0.374. The van der Waals surface area contributed by atoms with Crippen molar-refractivity contribution in [1.29, 1.82) is 0 Å². The molecule has 0 aliphatic heterocycles. The summed E-state index contributed by atoms with van der Waals surface area (Å²) in [6, 6.07) is 16.7. The smallest absolute Gasteiger partial charge is 0.318 e. The molecule has 0 aromatic heterocycles. The van der Waals surface area contributed by atoms with Gasteiger partial charge in [-0.25, -0.2) is 4.79 Å². The monoisotopic (exact) mass is 327 g/mol. The van der Waals surface area contributed by atoms with Gasteiger partial charge in [0.25, 0.3) is 0 Å². The zero-order valence-electron chi connectivity index (χ0n) is 13.6. The van der Waals surface area contributed by atoms with Crippen molar-refractivity contribution >= 4 is 17.6 Å². The van der Waals surface area contributed by atoms with Crippen LogP contribution in [-0.4, -0.2) is 25.6 Å². The number of hydrogen-bond acceptors (Lipinski definition) is 4. The molecular weight excluding hydrogens is 306 g/mol. The molecule has 3 amide bonds. The van der Waals surface area contributed by atoms with Crippen LogP contribution < -0.4 is 20.7 Å². The topological polar surface area (TPSA) is 84.7 Å². The number of benzene rings is 2. The van der Waals surface area contributed by atoms with E-state index in [-0.39, 0.29) is 6.42 Å². The predicted octanol–water partition coefficient (Wildman–Crippen LogP) is 2.29. The minimum absolute atomic E-state index is 0.168. The number of anilines is 1. The van der Waals surface area contributed by atoms with Crippen LogP contribution in [0, 0.1) is 0 Å². The zero-order chi connectivity index (χ0) is 17.4. The fraction of sp³-hybridized carbons (Fsp3) is 0.222. The number of nitrogens with two attached hydrogens (primary N) is 1. The number of amides is 3. The molecule has 0 aliphatic carbocycles. The summed E-state index contributed by atoms with van der Waals surface area (Å²) in [5, 5.41) is 2.08. The van der Waals surface area contributed by atoms with Crippen molar-refractivity contribution in [3.8, 4) is 5.75 Å². The van der Waals surface area contributed by atoms with Crippen LogP contribution in [0.1, 0.15) is 12.0 Å². The second-order valence-electron chi connectivity index (χ2n) is 5.27. The molecule has 2 aromatic carbocycles. The van der Waals surface area contributed by atoms with Crippen LogP contribution in [0.5, 0.6) is 5.75 Å². The first-order valence-electron chi connectivity index (χ1n) is 7.60. The molecule has 0 fully saturated rings. The summed E-state index contributed by atoms with van der Waals surface area (Å²) in [4.78, 5) is 24.5. The van der Waals surface area contributed by atoms with E-state index in [2.05, 4.69) is 10.2 Å². The molecule has 2 rings (SSSR count). The first kappa shape index (κ1) is 17.3. The molecule has 0 spiro atoms.